The van der Waals surface area contributed by atoms with Crippen LogP contribution in [0, 0.1) is 5.92 Å². The molecule has 1 aromatic heterocycles. The molecule has 14 heavy (non-hydrogen) atoms. The molecule has 0 amide bonds. The van der Waals surface area contributed by atoms with E-state index in [0.29, 0.717) is 0 Å². The molecule has 1 aliphatic rings. The molecule has 0 radical (unpaired) electrons. The number of nitrogens with one attached hydrogen (secondary N) is 1. The number of rotatable bonds is 3. The van der Waals surface area contributed by atoms with Gasteiger partial charge in [0.2, 0.25) is 0 Å². The average Bonchev–Trinajstić information content (AvgIpc) is 2.72. The molecular formula is C11H17N3. The van der Waals surface area contributed by atoms with Crippen molar-refractivity contribution in [1.29, 1.82) is 0 Å². The van der Waals surface area contributed by atoms with Crippen LogP contribution in [0.4, 0.5) is 5.69 Å². The van der Waals surface area contributed by atoms with Crippen molar-refractivity contribution in [3.63, 3.8) is 0 Å². The van der Waals surface area contributed by atoms with Gasteiger partial charge < -0.3 is 10.2 Å². The summed E-state index contributed by atoms with van der Waals surface area (Å²) in [4.78, 5) is 6.41. The van der Waals surface area contributed by atoms with E-state index in [1.807, 2.05) is 18.5 Å². The maximum absolute atomic E-state index is 4.12. The van der Waals surface area contributed by atoms with Crippen molar-refractivity contribution in [3.8, 4) is 0 Å². The van der Waals surface area contributed by atoms with Crippen LogP contribution in [0.2, 0.25) is 0 Å². The normalized spacial score (nSPS) is 21.1. The van der Waals surface area contributed by atoms with Gasteiger partial charge in [-0.2, -0.15) is 0 Å². The fourth-order valence-electron chi connectivity index (χ4n) is 1.94. The third-order valence-corrected chi connectivity index (χ3v) is 2.78. The molecule has 1 aromatic rings. The lowest BCUT2D eigenvalue weighted by atomic mass is 10.1. The predicted octanol–water partition coefficient (Wildman–Crippen LogP) is 1.13. The van der Waals surface area contributed by atoms with Crippen molar-refractivity contribution >= 4 is 5.69 Å². The third kappa shape index (κ3) is 2.23. The first-order valence-corrected chi connectivity index (χ1v) is 5.18. The molecule has 0 saturated carbocycles. The molecule has 3 heteroatoms. The smallest absolute Gasteiger partial charge is 0.0550 e. The lowest BCUT2D eigenvalue weighted by Gasteiger charge is -2.22. The summed E-state index contributed by atoms with van der Waals surface area (Å²) < 4.78 is 0. The Morgan fingerprint density at radius 1 is 1.64 bits per heavy atom. The molecule has 76 valence electrons. The standard InChI is InChI=1S/C11H17N3/c1-14(9-10-4-6-13-7-10)11-3-2-5-12-8-11/h2-3,5,8,10,13H,4,6-7,9H2,1H3. The number of anilines is 1. The highest BCUT2D eigenvalue weighted by Crippen LogP contribution is 2.14. The van der Waals surface area contributed by atoms with Gasteiger partial charge in [-0.25, -0.2) is 0 Å². The number of pyridine rings is 1. The summed E-state index contributed by atoms with van der Waals surface area (Å²) >= 11 is 0. The first kappa shape index (κ1) is 9.46. The van der Waals surface area contributed by atoms with Crippen LogP contribution in [0.3, 0.4) is 0 Å². The highest BCUT2D eigenvalue weighted by Gasteiger charge is 2.16. The van der Waals surface area contributed by atoms with E-state index in [1.54, 1.807) is 0 Å². The van der Waals surface area contributed by atoms with Crippen LogP contribution >= 0.6 is 0 Å². The zero-order chi connectivity index (χ0) is 9.80. The first-order chi connectivity index (χ1) is 6.86. The van der Waals surface area contributed by atoms with Crippen LogP contribution in [0.5, 0.6) is 0 Å². The Balaban J connectivity index is 1.92. The van der Waals surface area contributed by atoms with E-state index < -0.39 is 0 Å². The predicted molar refractivity (Wildman–Crippen MR) is 58.5 cm³/mol. The van der Waals surface area contributed by atoms with Gasteiger partial charge in [-0.15, -0.1) is 0 Å². The number of hydrogen-bond donors (Lipinski definition) is 1. The number of hydrogen-bond acceptors (Lipinski definition) is 3. The van der Waals surface area contributed by atoms with Crippen LogP contribution in [-0.2, 0) is 0 Å². The van der Waals surface area contributed by atoms with Crippen LogP contribution in [0.25, 0.3) is 0 Å². The zero-order valence-electron chi connectivity index (χ0n) is 8.61. The second kappa shape index (κ2) is 4.42. The molecule has 1 N–H and O–H groups in total. The van der Waals surface area contributed by atoms with Crippen LogP contribution in [0.15, 0.2) is 24.5 Å². The van der Waals surface area contributed by atoms with Crippen molar-refractivity contribution in [3.05, 3.63) is 24.5 Å². The van der Waals surface area contributed by atoms with E-state index in [1.165, 1.54) is 18.7 Å². The molecule has 1 aliphatic heterocycles. The van der Waals surface area contributed by atoms with Crippen molar-refractivity contribution in [2.45, 2.75) is 6.42 Å². The van der Waals surface area contributed by atoms with E-state index in [9.17, 15) is 0 Å². The highest BCUT2D eigenvalue weighted by molar-refractivity contribution is 5.42. The van der Waals surface area contributed by atoms with Crippen molar-refractivity contribution in [2.24, 2.45) is 5.92 Å². The molecule has 1 saturated heterocycles. The lowest BCUT2D eigenvalue weighted by molar-refractivity contribution is 0.578. The fraction of sp³-hybridized carbons (Fsp3) is 0.545. The van der Waals surface area contributed by atoms with Crippen LogP contribution in [0.1, 0.15) is 6.42 Å². The summed E-state index contributed by atoms with van der Waals surface area (Å²) in [5.74, 6) is 0.792. The highest BCUT2D eigenvalue weighted by atomic mass is 15.1. The quantitative estimate of drug-likeness (QED) is 0.776. The number of aromatic nitrogens is 1. The van der Waals surface area contributed by atoms with Crippen LogP contribution < -0.4 is 10.2 Å². The monoisotopic (exact) mass is 191 g/mol. The maximum atomic E-state index is 4.12. The number of nitrogens with zero attached hydrogens (tertiary/aromatic N) is 2. The minimum Gasteiger partial charge on any atom is -0.373 e. The maximum Gasteiger partial charge on any atom is 0.0550 e. The van der Waals surface area contributed by atoms with Crippen LogP contribution in [-0.4, -0.2) is 31.7 Å². The minimum absolute atomic E-state index is 0.792. The Hall–Kier alpha value is -1.09. The second-order valence-electron chi connectivity index (χ2n) is 3.95. The zero-order valence-corrected chi connectivity index (χ0v) is 8.61. The Kier molecular flexibility index (Phi) is 2.99. The molecule has 2 rings (SSSR count). The van der Waals surface area contributed by atoms with Gasteiger partial charge in [-0.3, -0.25) is 4.98 Å². The van der Waals surface area contributed by atoms with Gasteiger partial charge in [0.15, 0.2) is 0 Å². The summed E-state index contributed by atoms with van der Waals surface area (Å²) in [6, 6.07) is 4.09. The molecule has 1 unspecified atom stereocenters. The molecule has 2 heterocycles. The third-order valence-electron chi connectivity index (χ3n) is 2.78. The summed E-state index contributed by atoms with van der Waals surface area (Å²) in [7, 11) is 2.13. The Morgan fingerprint density at radius 2 is 2.57 bits per heavy atom. The fourth-order valence-corrected chi connectivity index (χ4v) is 1.94. The van der Waals surface area contributed by atoms with E-state index in [4.69, 9.17) is 0 Å². The summed E-state index contributed by atoms with van der Waals surface area (Å²) in [6.07, 6.45) is 5.03. The second-order valence-corrected chi connectivity index (χ2v) is 3.95. The van der Waals surface area contributed by atoms with Crippen molar-refractivity contribution < 1.29 is 0 Å². The Labute approximate surface area is 85.1 Å². The van der Waals surface area contributed by atoms with Crippen molar-refractivity contribution in [2.75, 3.05) is 31.6 Å². The topological polar surface area (TPSA) is 28.2 Å². The summed E-state index contributed by atoms with van der Waals surface area (Å²) in [6.45, 7) is 3.45. The summed E-state index contributed by atoms with van der Waals surface area (Å²) in [5, 5.41) is 3.39. The Bertz CT molecular complexity index is 267. The van der Waals surface area contributed by atoms with Gasteiger partial charge in [0.1, 0.15) is 0 Å². The molecular weight excluding hydrogens is 174 g/mol. The molecule has 0 aromatic carbocycles. The van der Waals surface area contributed by atoms with Gasteiger partial charge >= 0.3 is 0 Å². The lowest BCUT2D eigenvalue weighted by Crippen LogP contribution is -2.26. The van der Waals surface area contributed by atoms with Gasteiger partial charge in [-0.05, 0) is 37.6 Å². The Morgan fingerprint density at radius 3 is 3.21 bits per heavy atom. The largest absolute Gasteiger partial charge is 0.373 e. The van der Waals surface area contributed by atoms with Gasteiger partial charge in [0, 0.05) is 19.8 Å². The van der Waals surface area contributed by atoms with Gasteiger partial charge in [0.05, 0.1) is 11.9 Å². The minimum atomic E-state index is 0.792. The molecule has 0 bridgehead atoms. The van der Waals surface area contributed by atoms with Gasteiger partial charge in [0.25, 0.3) is 0 Å². The van der Waals surface area contributed by atoms with E-state index in [0.717, 1.165) is 19.0 Å². The molecule has 0 aliphatic carbocycles. The molecule has 3 nitrogen and oxygen atoms in total. The van der Waals surface area contributed by atoms with Gasteiger partial charge in [-0.1, -0.05) is 0 Å². The van der Waals surface area contributed by atoms with E-state index in [2.05, 4.69) is 28.3 Å². The molecule has 1 atom stereocenters. The summed E-state index contributed by atoms with van der Waals surface area (Å²) in [5.41, 5.74) is 1.21. The average molecular weight is 191 g/mol. The molecule has 1 fully saturated rings. The van der Waals surface area contributed by atoms with Crippen molar-refractivity contribution in [1.82, 2.24) is 10.3 Å². The molecule has 0 spiro atoms. The van der Waals surface area contributed by atoms with E-state index in [-0.39, 0.29) is 0 Å². The first-order valence-electron chi connectivity index (χ1n) is 5.18. The van der Waals surface area contributed by atoms with E-state index >= 15 is 0 Å². The SMILES string of the molecule is CN(CC1CCNC1)c1cccnc1.